The number of Topliss-reactive ketones (excluding diaryl/α,β-unsaturated/α-hetero) is 1. The molecule has 0 N–H and O–H groups in total. The Labute approximate surface area is 276 Å². The van der Waals surface area contributed by atoms with Gasteiger partial charge >= 0.3 is 5.97 Å². The van der Waals surface area contributed by atoms with Crippen LogP contribution in [0.1, 0.15) is 58.4 Å². The molecule has 4 fully saturated rings. The van der Waals surface area contributed by atoms with Gasteiger partial charge in [-0.3, -0.25) is 9.59 Å². The summed E-state index contributed by atoms with van der Waals surface area (Å²) in [6.07, 6.45) is 9.12. The number of halogens is 2. The summed E-state index contributed by atoms with van der Waals surface area (Å²) in [5.41, 5.74) is 1.09. The van der Waals surface area contributed by atoms with Gasteiger partial charge in [-0.2, -0.15) is 0 Å². The van der Waals surface area contributed by atoms with E-state index in [4.69, 9.17) is 14.5 Å². The molecule has 242 valence electrons. The number of ketones is 1. The molecule has 0 spiro atoms. The highest BCUT2D eigenvalue weighted by Gasteiger charge is 2.73. The van der Waals surface area contributed by atoms with E-state index in [2.05, 4.69) is 27.4 Å². The number of fused-ring (bicyclic) bond motifs is 1. The molecule has 3 saturated carbocycles. The van der Waals surface area contributed by atoms with Crippen LogP contribution in [0, 0.1) is 40.2 Å². The van der Waals surface area contributed by atoms with Crippen molar-refractivity contribution in [3.8, 4) is 11.3 Å². The van der Waals surface area contributed by atoms with E-state index < -0.39 is 28.8 Å². The average Bonchev–Trinajstić information content (AvgIpc) is 3.33. The fraction of sp³-hybridized carbons (Fsp3) is 0.500. The third-order valence-corrected chi connectivity index (χ3v) is 13.7. The monoisotopic (exact) mass is 665 g/mol. The van der Waals surface area contributed by atoms with Gasteiger partial charge in [-0.1, -0.05) is 38.6 Å². The highest BCUT2D eigenvalue weighted by Crippen LogP contribution is 2.70. The maximum Gasteiger partial charge on any atom is 0.316 e. The molecule has 2 bridgehead atoms. The molecule has 2 aromatic heterocycles. The number of benzene rings is 1. The number of pyridine rings is 1. The molecule has 10 heteroatoms. The Balaban J connectivity index is 1.03. The lowest BCUT2D eigenvalue weighted by Crippen LogP contribution is -2.60. The lowest BCUT2D eigenvalue weighted by molar-refractivity contribution is -0.688. The Morgan fingerprint density at radius 2 is 1.96 bits per heavy atom. The molecule has 4 aliphatic rings. The number of rotatable bonds is 8. The van der Waals surface area contributed by atoms with Crippen molar-refractivity contribution in [2.24, 2.45) is 28.6 Å². The highest BCUT2D eigenvalue weighted by atomic mass is 32.2. The van der Waals surface area contributed by atoms with Crippen molar-refractivity contribution in [3.05, 3.63) is 78.0 Å². The predicted molar refractivity (Wildman–Crippen MR) is 172 cm³/mol. The highest BCUT2D eigenvalue weighted by molar-refractivity contribution is 8.01. The van der Waals surface area contributed by atoms with E-state index in [0.29, 0.717) is 30.7 Å². The zero-order chi connectivity index (χ0) is 32.4. The molecule has 1 aliphatic heterocycles. The van der Waals surface area contributed by atoms with Crippen LogP contribution in [-0.2, 0) is 25.6 Å². The Kier molecular flexibility index (Phi) is 8.00. The van der Waals surface area contributed by atoms with E-state index >= 15 is 0 Å². The molecule has 46 heavy (non-hydrogen) atoms. The number of thioether (sulfide) groups is 1. The van der Waals surface area contributed by atoms with Crippen molar-refractivity contribution in [2.75, 3.05) is 5.75 Å². The molecule has 1 aromatic carbocycles. The number of epoxide rings is 1. The molecule has 0 amide bonds. The molecule has 1 saturated heterocycles. The van der Waals surface area contributed by atoms with Gasteiger partial charge in [0.05, 0.1) is 17.6 Å². The number of carbonyl (C=O) groups is 2. The normalized spacial score (nSPS) is 34.6. The molecule has 7 rings (SSSR count). The summed E-state index contributed by atoms with van der Waals surface area (Å²) in [6.45, 7) is 11.1. The van der Waals surface area contributed by atoms with Crippen molar-refractivity contribution in [3.63, 3.8) is 0 Å². The number of hydrogen-bond donors (Lipinski definition) is 0. The average molecular weight is 666 g/mol. The minimum Gasteiger partial charge on any atom is -0.461 e. The molecule has 0 radical (unpaired) electrons. The van der Waals surface area contributed by atoms with Crippen LogP contribution in [-0.4, -0.2) is 40.3 Å². The number of thiazole rings is 1. The second-order valence-corrected chi connectivity index (χ2v) is 16.0. The van der Waals surface area contributed by atoms with Gasteiger partial charge in [-0.05, 0) is 48.6 Å². The van der Waals surface area contributed by atoms with E-state index in [1.54, 1.807) is 0 Å². The van der Waals surface area contributed by atoms with Gasteiger partial charge in [0.15, 0.2) is 23.3 Å². The first-order valence-electron chi connectivity index (χ1n) is 16.0. The molecule has 3 aliphatic carbocycles. The van der Waals surface area contributed by atoms with Crippen LogP contribution in [0.3, 0.4) is 0 Å². The van der Waals surface area contributed by atoms with Crippen LogP contribution < -0.4 is 4.57 Å². The van der Waals surface area contributed by atoms with Gasteiger partial charge in [0.25, 0.3) is 0 Å². The van der Waals surface area contributed by atoms with Crippen LogP contribution >= 0.6 is 23.1 Å². The quantitative estimate of drug-likeness (QED) is 0.0834. The summed E-state index contributed by atoms with van der Waals surface area (Å²) in [6, 6.07) is 7.31. The number of aromatic nitrogens is 2. The lowest BCUT2D eigenvalue weighted by atomic mass is 9.45. The third-order valence-electron chi connectivity index (χ3n) is 11.7. The molecular weight excluding hydrogens is 627 g/mol. The SMILES string of the molecule is C=C[C@]12C[C@@H](OC(=O)CSc3nc(-c4cc[n+](Cc5cc(F)cc(F)c5)cc4)cs3)[C@]3(C)[C@H](C)CC[C@]4(CCC(=O)[C@H]43)[C@@H](C)[C@@H]1O2. The largest absolute Gasteiger partial charge is 0.461 e. The standard InChI is InChI=1S/C36H39F2N2O4S2/c1-5-36-17-29(34(4)21(2)6-10-35(22(3)32(36)44-36)11-7-28(41)31(34)35)43-30(42)20-46-33-39-27(19-45-33)24-8-12-40(13-9-24)18-23-14-25(37)16-26(38)15-23/h5,8-9,12-16,19,21-22,29,31-32H,1,6-7,10-11,17-18,20H2,2-4H3/q+1/t21-,22+,29-,31+,32+,34+,35+,36+/m1/s1. The minimum atomic E-state index is -0.599. The summed E-state index contributed by atoms with van der Waals surface area (Å²) >= 11 is 2.81. The van der Waals surface area contributed by atoms with Crippen LogP contribution in [0.15, 0.2) is 65.1 Å². The van der Waals surface area contributed by atoms with Crippen LogP contribution in [0.5, 0.6) is 0 Å². The van der Waals surface area contributed by atoms with Crippen LogP contribution in [0.2, 0.25) is 0 Å². The molecule has 3 aromatic rings. The number of nitrogens with zero attached hydrogens (tertiary/aromatic N) is 2. The first-order chi connectivity index (χ1) is 22.0. The van der Waals surface area contributed by atoms with Crippen molar-refractivity contribution < 1.29 is 32.4 Å². The van der Waals surface area contributed by atoms with Gasteiger partial charge in [0.1, 0.15) is 29.1 Å². The zero-order valence-corrected chi connectivity index (χ0v) is 28.0. The predicted octanol–water partition coefficient (Wildman–Crippen LogP) is 7.19. The summed E-state index contributed by atoms with van der Waals surface area (Å²) in [5.74, 6) is -0.767. The minimum absolute atomic E-state index is 0.00234. The maximum atomic E-state index is 13.6. The summed E-state index contributed by atoms with van der Waals surface area (Å²) in [5, 5.41) is 1.94. The zero-order valence-electron chi connectivity index (χ0n) is 26.3. The fourth-order valence-electron chi connectivity index (χ4n) is 9.04. The van der Waals surface area contributed by atoms with Crippen molar-refractivity contribution in [1.82, 2.24) is 4.98 Å². The molecule has 8 atom stereocenters. The first kappa shape index (κ1) is 31.6. The van der Waals surface area contributed by atoms with Gasteiger partial charge in [-0.25, -0.2) is 18.3 Å². The molecular formula is C36H39F2N2O4S2+. The van der Waals surface area contributed by atoms with E-state index in [1.807, 2.05) is 40.5 Å². The molecule has 3 heterocycles. The second-order valence-electron chi connectivity index (χ2n) is 13.9. The Morgan fingerprint density at radius 3 is 2.67 bits per heavy atom. The number of hydrogen-bond acceptors (Lipinski definition) is 7. The first-order valence-corrected chi connectivity index (χ1v) is 17.9. The molecule has 0 unspecified atom stereocenters. The Hall–Kier alpha value is -2.95. The lowest BCUT2D eigenvalue weighted by Gasteiger charge is -2.58. The van der Waals surface area contributed by atoms with Crippen molar-refractivity contribution in [1.29, 1.82) is 0 Å². The summed E-state index contributed by atoms with van der Waals surface area (Å²) in [4.78, 5) is 31.8. The number of esters is 1. The van der Waals surface area contributed by atoms with E-state index in [-0.39, 0.29) is 41.0 Å². The van der Waals surface area contributed by atoms with Crippen LogP contribution in [0.4, 0.5) is 8.78 Å². The summed E-state index contributed by atoms with van der Waals surface area (Å²) < 4.78 is 42.5. The van der Waals surface area contributed by atoms with E-state index in [0.717, 1.165) is 40.9 Å². The van der Waals surface area contributed by atoms with E-state index in [1.165, 1.54) is 35.2 Å². The van der Waals surface area contributed by atoms with Gasteiger partial charge in [-0.15, -0.1) is 17.9 Å². The van der Waals surface area contributed by atoms with Gasteiger partial charge in [0.2, 0.25) is 0 Å². The molecule has 6 nitrogen and oxygen atoms in total. The third kappa shape index (κ3) is 5.24. The Morgan fingerprint density at radius 1 is 1.22 bits per heavy atom. The summed E-state index contributed by atoms with van der Waals surface area (Å²) in [7, 11) is 0. The number of ether oxygens (including phenoxy) is 2. The maximum absolute atomic E-state index is 13.6. The topological polar surface area (TPSA) is 72.7 Å². The second kappa shape index (κ2) is 11.6. The smallest absolute Gasteiger partial charge is 0.316 e. The van der Waals surface area contributed by atoms with Gasteiger partial charge < -0.3 is 9.47 Å². The Bertz CT molecular complexity index is 1680. The van der Waals surface area contributed by atoms with Crippen molar-refractivity contribution in [2.45, 2.75) is 81.6 Å². The van der Waals surface area contributed by atoms with Gasteiger partial charge in [0, 0.05) is 58.9 Å². The van der Waals surface area contributed by atoms with Crippen LogP contribution in [0.25, 0.3) is 11.3 Å². The van der Waals surface area contributed by atoms with Crippen molar-refractivity contribution >= 4 is 34.9 Å². The number of carbonyl (C=O) groups excluding carboxylic acids is 2. The fourth-order valence-corrected chi connectivity index (χ4v) is 10.7. The van der Waals surface area contributed by atoms with E-state index in [9.17, 15) is 18.4 Å².